The molecule has 0 saturated carbocycles. The first-order valence-corrected chi connectivity index (χ1v) is 6.08. The maximum absolute atomic E-state index is 6.05. The Hall–Kier alpha value is -0.730. The molecular formula is C13H19ClN2. The number of anilines is 1. The maximum Gasteiger partial charge on any atom is 0.0410 e. The van der Waals surface area contributed by atoms with E-state index in [1.807, 2.05) is 6.07 Å². The molecule has 0 saturated heterocycles. The minimum atomic E-state index is 0.700. The van der Waals surface area contributed by atoms with Crippen molar-refractivity contribution in [2.75, 3.05) is 39.1 Å². The topological polar surface area (TPSA) is 6.48 Å². The fourth-order valence-corrected chi connectivity index (χ4v) is 2.78. The second-order valence-corrected chi connectivity index (χ2v) is 5.42. The Morgan fingerprint density at radius 2 is 2.19 bits per heavy atom. The molecule has 3 heteroatoms. The third kappa shape index (κ3) is 2.50. The van der Waals surface area contributed by atoms with E-state index in [-0.39, 0.29) is 0 Å². The van der Waals surface area contributed by atoms with Crippen LogP contribution in [0.15, 0.2) is 18.2 Å². The van der Waals surface area contributed by atoms with Gasteiger partial charge in [-0.2, -0.15) is 0 Å². The Morgan fingerprint density at radius 1 is 1.44 bits per heavy atom. The van der Waals surface area contributed by atoms with Gasteiger partial charge in [-0.05, 0) is 50.2 Å². The van der Waals surface area contributed by atoms with Crippen LogP contribution >= 0.6 is 11.6 Å². The molecule has 0 bridgehead atoms. The predicted octanol–water partition coefficient (Wildman–Crippen LogP) is 2.51. The quantitative estimate of drug-likeness (QED) is 0.781. The molecule has 0 aliphatic carbocycles. The van der Waals surface area contributed by atoms with Crippen LogP contribution in [0.3, 0.4) is 0 Å². The van der Waals surface area contributed by atoms with Gasteiger partial charge in [0.1, 0.15) is 0 Å². The summed E-state index contributed by atoms with van der Waals surface area (Å²) < 4.78 is 0. The highest BCUT2D eigenvalue weighted by molar-refractivity contribution is 6.30. The predicted molar refractivity (Wildman–Crippen MR) is 70.5 cm³/mol. The molecule has 0 N–H and O–H groups in total. The highest BCUT2D eigenvalue weighted by Crippen LogP contribution is 2.30. The fourth-order valence-electron chi connectivity index (χ4n) is 2.59. The molecule has 0 fully saturated rings. The van der Waals surface area contributed by atoms with Crippen LogP contribution in [-0.2, 0) is 6.42 Å². The van der Waals surface area contributed by atoms with Crippen molar-refractivity contribution >= 4 is 17.3 Å². The van der Waals surface area contributed by atoms with Gasteiger partial charge in [0.15, 0.2) is 0 Å². The van der Waals surface area contributed by atoms with E-state index in [9.17, 15) is 0 Å². The molecule has 0 spiro atoms. The molecule has 1 aliphatic heterocycles. The number of rotatable bonds is 2. The summed E-state index contributed by atoms with van der Waals surface area (Å²) in [7, 11) is 6.43. The van der Waals surface area contributed by atoms with Gasteiger partial charge in [-0.25, -0.2) is 0 Å². The molecule has 1 atom stereocenters. The summed E-state index contributed by atoms with van der Waals surface area (Å²) in [5.74, 6) is 0.700. The van der Waals surface area contributed by atoms with Crippen LogP contribution in [0.4, 0.5) is 5.69 Å². The minimum absolute atomic E-state index is 0.700. The zero-order valence-electron chi connectivity index (χ0n) is 10.2. The number of benzene rings is 1. The molecule has 0 aromatic heterocycles. The van der Waals surface area contributed by atoms with Gasteiger partial charge < -0.3 is 9.80 Å². The van der Waals surface area contributed by atoms with Crippen molar-refractivity contribution in [2.45, 2.75) is 6.42 Å². The van der Waals surface area contributed by atoms with Crippen molar-refractivity contribution in [3.8, 4) is 0 Å². The number of fused-ring (bicyclic) bond motifs is 1. The van der Waals surface area contributed by atoms with Gasteiger partial charge in [-0.1, -0.05) is 11.6 Å². The van der Waals surface area contributed by atoms with E-state index in [1.54, 1.807) is 0 Å². The average Bonchev–Trinajstić information content (AvgIpc) is 2.15. The van der Waals surface area contributed by atoms with Crippen LogP contribution in [-0.4, -0.2) is 39.1 Å². The van der Waals surface area contributed by atoms with Gasteiger partial charge in [0.05, 0.1) is 0 Å². The lowest BCUT2D eigenvalue weighted by atomic mass is 9.92. The van der Waals surface area contributed by atoms with Gasteiger partial charge >= 0.3 is 0 Å². The Balaban J connectivity index is 2.20. The lowest BCUT2D eigenvalue weighted by molar-refractivity contribution is 0.320. The third-order valence-corrected chi connectivity index (χ3v) is 3.35. The zero-order chi connectivity index (χ0) is 11.7. The summed E-state index contributed by atoms with van der Waals surface area (Å²) in [6.45, 7) is 2.27. The Morgan fingerprint density at radius 3 is 2.88 bits per heavy atom. The molecular weight excluding hydrogens is 220 g/mol. The highest BCUT2D eigenvalue weighted by atomic mass is 35.5. The van der Waals surface area contributed by atoms with Crippen molar-refractivity contribution in [3.63, 3.8) is 0 Å². The van der Waals surface area contributed by atoms with Crippen molar-refractivity contribution in [3.05, 3.63) is 28.8 Å². The molecule has 1 unspecified atom stereocenters. The van der Waals surface area contributed by atoms with Gasteiger partial charge in [0.2, 0.25) is 0 Å². The van der Waals surface area contributed by atoms with Crippen LogP contribution < -0.4 is 4.90 Å². The number of nitrogens with zero attached hydrogens (tertiary/aromatic N) is 2. The van der Waals surface area contributed by atoms with E-state index in [1.165, 1.54) is 11.3 Å². The Labute approximate surface area is 103 Å². The summed E-state index contributed by atoms with van der Waals surface area (Å²) >= 11 is 6.05. The number of halogens is 1. The summed E-state index contributed by atoms with van der Waals surface area (Å²) in [6.07, 6.45) is 1.14. The van der Waals surface area contributed by atoms with Crippen LogP contribution in [0.25, 0.3) is 0 Å². The molecule has 1 aromatic rings. The average molecular weight is 239 g/mol. The third-order valence-electron chi connectivity index (χ3n) is 3.12. The highest BCUT2D eigenvalue weighted by Gasteiger charge is 2.22. The summed E-state index contributed by atoms with van der Waals surface area (Å²) in [4.78, 5) is 4.59. The largest absolute Gasteiger partial charge is 0.374 e. The zero-order valence-corrected chi connectivity index (χ0v) is 11.0. The lowest BCUT2D eigenvalue weighted by Gasteiger charge is -2.34. The summed E-state index contributed by atoms with van der Waals surface area (Å²) in [5.41, 5.74) is 2.72. The normalized spacial score (nSPS) is 20.1. The molecule has 16 heavy (non-hydrogen) atoms. The second kappa shape index (κ2) is 4.64. The molecule has 1 heterocycles. The van der Waals surface area contributed by atoms with E-state index < -0.39 is 0 Å². The lowest BCUT2D eigenvalue weighted by Crippen LogP contribution is -2.37. The van der Waals surface area contributed by atoms with Crippen molar-refractivity contribution < 1.29 is 0 Å². The van der Waals surface area contributed by atoms with Gasteiger partial charge in [-0.15, -0.1) is 0 Å². The van der Waals surface area contributed by atoms with E-state index >= 15 is 0 Å². The molecule has 0 radical (unpaired) electrons. The molecule has 1 aliphatic rings. The molecule has 2 nitrogen and oxygen atoms in total. The van der Waals surface area contributed by atoms with Gasteiger partial charge in [-0.3, -0.25) is 0 Å². The van der Waals surface area contributed by atoms with Gasteiger partial charge in [0.25, 0.3) is 0 Å². The molecule has 1 aromatic carbocycles. The van der Waals surface area contributed by atoms with E-state index in [2.05, 4.69) is 43.1 Å². The number of hydrogen-bond donors (Lipinski definition) is 0. The maximum atomic E-state index is 6.05. The SMILES string of the molecule is CN(C)CC1Cc2cc(Cl)ccc2N(C)C1. The minimum Gasteiger partial charge on any atom is -0.374 e. The van der Waals surface area contributed by atoms with Crippen molar-refractivity contribution in [1.82, 2.24) is 4.90 Å². The summed E-state index contributed by atoms with van der Waals surface area (Å²) in [5, 5.41) is 0.845. The fraction of sp³-hybridized carbons (Fsp3) is 0.538. The molecule has 2 rings (SSSR count). The molecule has 88 valence electrons. The van der Waals surface area contributed by atoms with E-state index in [0.717, 1.165) is 24.5 Å². The van der Waals surface area contributed by atoms with Crippen molar-refractivity contribution in [2.24, 2.45) is 5.92 Å². The van der Waals surface area contributed by atoms with Crippen LogP contribution in [0.2, 0.25) is 5.02 Å². The van der Waals surface area contributed by atoms with Crippen molar-refractivity contribution in [1.29, 1.82) is 0 Å². The molecule has 0 amide bonds. The van der Waals surface area contributed by atoms with Crippen LogP contribution in [0.5, 0.6) is 0 Å². The van der Waals surface area contributed by atoms with Gasteiger partial charge in [0, 0.05) is 30.8 Å². The summed E-state index contributed by atoms with van der Waals surface area (Å²) in [6, 6.07) is 6.21. The second-order valence-electron chi connectivity index (χ2n) is 4.99. The Kier molecular flexibility index (Phi) is 3.41. The van der Waals surface area contributed by atoms with Crippen LogP contribution in [0.1, 0.15) is 5.56 Å². The standard InChI is InChI=1S/C13H19ClN2/c1-15(2)8-10-6-11-7-12(14)4-5-13(11)16(3)9-10/h4-5,7,10H,6,8-9H2,1-3H3. The van der Waals surface area contributed by atoms with E-state index in [0.29, 0.717) is 5.92 Å². The number of hydrogen-bond acceptors (Lipinski definition) is 2. The first-order valence-electron chi connectivity index (χ1n) is 5.70. The first kappa shape index (κ1) is 11.7. The van der Waals surface area contributed by atoms with Crippen LogP contribution in [0, 0.1) is 5.92 Å². The Bertz CT molecular complexity index is 376. The monoisotopic (exact) mass is 238 g/mol. The smallest absolute Gasteiger partial charge is 0.0410 e. The first-order chi connectivity index (χ1) is 7.56. The van der Waals surface area contributed by atoms with E-state index in [4.69, 9.17) is 11.6 Å².